The van der Waals surface area contributed by atoms with E-state index in [0.717, 1.165) is 99.6 Å². The van der Waals surface area contributed by atoms with Gasteiger partial charge < -0.3 is 18.3 Å². The second kappa shape index (κ2) is 17.0. The number of benzene rings is 11. The zero-order valence-corrected chi connectivity index (χ0v) is 41.3. The molecule has 0 saturated heterocycles. The summed E-state index contributed by atoms with van der Waals surface area (Å²) in [7, 11) is 0. The molecule has 0 aliphatic heterocycles. The number of hydrogen-bond acceptors (Lipinski definition) is 2. The van der Waals surface area contributed by atoms with E-state index in [0.29, 0.717) is 27.9 Å². The van der Waals surface area contributed by atoms with Gasteiger partial charge in [0.2, 0.25) is 0 Å². The Morgan fingerprint density at radius 3 is 1.12 bits per heavy atom. The molecule has 15 rings (SSSR count). The summed E-state index contributed by atoms with van der Waals surface area (Å²) < 4.78 is 54.5. The first kappa shape index (κ1) is 44.8. The maximum atomic E-state index is 15.2. The lowest BCUT2D eigenvalue weighted by atomic mass is 9.92. The van der Waals surface area contributed by atoms with E-state index in [1.165, 1.54) is 22.9 Å². The molecule has 0 radical (unpaired) electrons. The molecule has 0 saturated carbocycles. The number of aromatic nitrogens is 4. The fourth-order valence-electron chi connectivity index (χ4n) is 12.3. The SMILES string of the molecule is N#Cc1ccc(-n2c3ccccc3c3cc(-n4c5ccccc5c5ccccc54)ccc32)c(-c2ccc(-c3ccc(C#N)cc3C(F)(F)F)cc2-n2c3ccccc3c3cc(-n4c5ccccc5c5ccccc54)ccc32)c1. The van der Waals surface area contributed by atoms with Crippen LogP contribution in [-0.4, -0.2) is 18.3 Å². The molecule has 4 aromatic heterocycles. The predicted octanol–water partition coefficient (Wildman–Crippen LogP) is 18.2. The van der Waals surface area contributed by atoms with E-state index in [1.807, 2.05) is 78.9 Å². The van der Waals surface area contributed by atoms with Crippen LogP contribution in [0.1, 0.15) is 16.7 Å². The van der Waals surface area contributed by atoms with Crippen LogP contribution in [0.15, 0.2) is 237 Å². The minimum Gasteiger partial charge on any atom is -0.309 e. The first-order valence-electron chi connectivity index (χ1n) is 25.6. The van der Waals surface area contributed by atoms with Gasteiger partial charge in [0, 0.05) is 65.6 Å². The monoisotopic (exact) mass is 1010 g/mol. The summed E-state index contributed by atoms with van der Waals surface area (Å²) in [6.45, 7) is 0. The Bertz CT molecular complexity index is 5020. The van der Waals surface area contributed by atoms with Crippen LogP contribution in [0.2, 0.25) is 0 Å². The van der Waals surface area contributed by atoms with Gasteiger partial charge in [-0.1, -0.05) is 127 Å². The molecule has 0 fully saturated rings. The van der Waals surface area contributed by atoms with Crippen molar-refractivity contribution in [3.63, 3.8) is 0 Å². The Balaban J connectivity index is 1.01. The maximum Gasteiger partial charge on any atom is 0.417 e. The molecular formula is C69H39F3N6. The normalized spacial score (nSPS) is 12.0. The van der Waals surface area contributed by atoms with E-state index >= 15 is 13.2 Å². The molecule has 0 N–H and O–H groups in total. The highest BCUT2D eigenvalue weighted by atomic mass is 19.4. The second-order valence-corrected chi connectivity index (χ2v) is 19.8. The van der Waals surface area contributed by atoms with Gasteiger partial charge in [-0.15, -0.1) is 0 Å². The van der Waals surface area contributed by atoms with Crippen molar-refractivity contribution in [1.29, 1.82) is 10.5 Å². The molecule has 0 aliphatic carbocycles. The maximum absolute atomic E-state index is 15.2. The molecule has 78 heavy (non-hydrogen) atoms. The second-order valence-electron chi connectivity index (χ2n) is 19.8. The Kier molecular flexibility index (Phi) is 9.75. The lowest BCUT2D eigenvalue weighted by Crippen LogP contribution is -2.08. The average Bonchev–Trinajstić information content (AvgIpc) is 4.37. The Morgan fingerprint density at radius 1 is 0.295 bits per heavy atom. The fraction of sp³-hybridized carbons (Fsp3) is 0.0145. The van der Waals surface area contributed by atoms with E-state index in [4.69, 9.17) is 0 Å². The van der Waals surface area contributed by atoms with Crippen molar-refractivity contribution in [2.24, 2.45) is 0 Å². The topological polar surface area (TPSA) is 67.3 Å². The molecule has 0 atom stereocenters. The molecule has 6 nitrogen and oxygen atoms in total. The minimum atomic E-state index is -4.76. The summed E-state index contributed by atoms with van der Waals surface area (Å²) >= 11 is 0. The van der Waals surface area contributed by atoms with Crippen LogP contribution in [-0.2, 0) is 6.18 Å². The van der Waals surface area contributed by atoms with Crippen molar-refractivity contribution in [2.45, 2.75) is 6.18 Å². The van der Waals surface area contributed by atoms with E-state index in [2.05, 4.69) is 164 Å². The van der Waals surface area contributed by atoms with Gasteiger partial charge in [-0.3, -0.25) is 0 Å². The number of nitriles is 2. The van der Waals surface area contributed by atoms with Crippen molar-refractivity contribution in [2.75, 3.05) is 0 Å². The molecule has 9 heteroatoms. The van der Waals surface area contributed by atoms with Crippen LogP contribution < -0.4 is 0 Å². The molecule has 366 valence electrons. The van der Waals surface area contributed by atoms with E-state index < -0.39 is 11.7 Å². The Labute approximate surface area is 443 Å². The van der Waals surface area contributed by atoms with Gasteiger partial charge in [0.1, 0.15) is 0 Å². The molecule has 0 amide bonds. The smallest absolute Gasteiger partial charge is 0.309 e. The van der Waals surface area contributed by atoms with Crippen molar-refractivity contribution >= 4 is 87.2 Å². The van der Waals surface area contributed by atoms with Crippen LogP contribution >= 0.6 is 0 Å². The van der Waals surface area contributed by atoms with Crippen LogP contribution in [0.25, 0.3) is 132 Å². The van der Waals surface area contributed by atoms with E-state index in [-0.39, 0.29) is 11.1 Å². The molecule has 0 unspecified atom stereocenters. The first-order valence-corrected chi connectivity index (χ1v) is 25.6. The van der Waals surface area contributed by atoms with Crippen molar-refractivity contribution < 1.29 is 13.2 Å². The van der Waals surface area contributed by atoms with Gasteiger partial charge in [-0.2, -0.15) is 23.7 Å². The van der Waals surface area contributed by atoms with Gasteiger partial charge >= 0.3 is 6.18 Å². The van der Waals surface area contributed by atoms with Crippen LogP contribution in [0.3, 0.4) is 0 Å². The lowest BCUT2D eigenvalue weighted by Gasteiger charge is -2.21. The summed E-state index contributed by atoms with van der Waals surface area (Å²) in [6.07, 6.45) is -4.76. The Morgan fingerprint density at radius 2 is 0.667 bits per heavy atom. The zero-order valence-electron chi connectivity index (χ0n) is 41.3. The van der Waals surface area contributed by atoms with Gasteiger partial charge in [-0.05, 0) is 120 Å². The number of para-hydroxylation sites is 6. The average molecular weight is 1010 g/mol. The van der Waals surface area contributed by atoms with Crippen molar-refractivity contribution in [3.8, 4) is 57.1 Å². The van der Waals surface area contributed by atoms with Crippen LogP contribution in [0.5, 0.6) is 0 Å². The van der Waals surface area contributed by atoms with Crippen LogP contribution in [0, 0.1) is 22.7 Å². The molecule has 11 aromatic carbocycles. The number of hydrogen-bond donors (Lipinski definition) is 0. The quantitative estimate of drug-likeness (QED) is 0.167. The van der Waals surface area contributed by atoms with Gasteiger partial charge in [0.25, 0.3) is 0 Å². The molecule has 0 spiro atoms. The van der Waals surface area contributed by atoms with E-state index in [9.17, 15) is 10.5 Å². The predicted molar refractivity (Wildman–Crippen MR) is 309 cm³/mol. The zero-order chi connectivity index (χ0) is 52.4. The molecule has 0 bridgehead atoms. The highest BCUT2D eigenvalue weighted by Gasteiger charge is 2.35. The third-order valence-electron chi connectivity index (χ3n) is 15.6. The lowest BCUT2D eigenvalue weighted by molar-refractivity contribution is -0.137. The largest absolute Gasteiger partial charge is 0.417 e. The highest BCUT2D eigenvalue weighted by molar-refractivity contribution is 6.15. The van der Waals surface area contributed by atoms with Crippen molar-refractivity contribution in [1.82, 2.24) is 18.3 Å². The standard InChI is InChI=1S/C69H39F3N6/c70-69(71,72)58-36-43(41-74)25-30-47(58)44-27-31-54(68(37-44)78-64-24-12-6-18-53(64)57-39-46(29-34-67(57)78)76-61-21-9-3-15-50(61)51-16-4-10-22-62(51)76)55-35-42(40-73)26-32-65(55)77-63-23-11-5-17-52(63)56-38-45(28-33-66(56)77)75-59-19-7-1-13-48(59)49-14-2-8-20-60(49)75/h1-39H. The number of rotatable bonds is 6. The van der Waals surface area contributed by atoms with E-state index in [1.54, 1.807) is 6.07 Å². The number of alkyl halides is 3. The molecule has 15 aromatic rings. The summed E-state index contributed by atoms with van der Waals surface area (Å²) in [4.78, 5) is 0. The third kappa shape index (κ3) is 6.62. The number of halogens is 3. The summed E-state index contributed by atoms with van der Waals surface area (Å²) in [5, 5.41) is 29.0. The fourth-order valence-corrected chi connectivity index (χ4v) is 12.3. The number of nitrogens with zero attached hydrogens (tertiary/aromatic N) is 6. The highest BCUT2D eigenvalue weighted by Crippen LogP contribution is 2.46. The van der Waals surface area contributed by atoms with Gasteiger partial charge in [-0.25, -0.2) is 0 Å². The summed E-state index contributed by atoms with van der Waals surface area (Å²) in [5.41, 5.74) is 12.3. The van der Waals surface area contributed by atoms with Crippen LogP contribution in [0.4, 0.5) is 13.2 Å². The summed E-state index contributed by atoms with van der Waals surface area (Å²) in [6, 6.07) is 82.2. The number of fused-ring (bicyclic) bond motifs is 12. The Hall–Kier alpha value is -10.6. The van der Waals surface area contributed by atoms with Crippen molar-refractivity contribution in [3.05, 3.63) is 253 Å². The molecule has 0 aliphatic rings. The van der Waals surface area contributed by atoms with Gasteiger partial charge in [0.15, 0.2) is 0 Å². The molecule has 4 heterocycles. The summed E-state index contributed by atoms with van der Waals surface area (Å²) in [5.74, 6) is 0. The van der Waals surface area contributed by atoms with Gasteiger partial charge in [0.05, 0.1) is 84.3 Å². The minimum absolute atomic E-state index is 0.0591. The third-order valence-corrected chi connectivity index (χ3v) is 15.6. The first-order chi connectivity index (χ1) is 38.2. The molecular weight excluding hydrogens is 970 g/mol.